The molecule has 2 aromatic rings. The summed E-state index contributed by atoms with van der Waals surface area (Å²) in [6.45, 7) is 6.36. The van der Waals surface area contributed by atoms with E-state index in [2.05, 4.69) is 10.1 Å². The van der Waals surface area contributed by atoms with Crippen LogP contribution in [0.25, 0.3) is 0 Å². The van der Waals surface area contributed by atoms with Crippen LogP contribution in [0.2, 0.25) is 0 Å². The van der Waals surface area contributed by atoms with Crippen molar-refractivity contribution in [2.75, 3.05) is 14.2 Å². The van der Waals surface area contributed by atoms with E-state index in [1.807, 2.05) is 33.0 Å². The van der Waals surface area contributed by atoms with Gasteiger partial charge in [0.1, 0.15) is 11.8 Å². The van der Waals surface area contributed by atoms with E-state index < -0.39 is 0 Å². The Hall–Kier alpha value is -2.37. The van der Waals surface area contributed by atoms with E-state index in [1.54, 1.807) is 36.1 Å². The molecule has 2 rings (SSSR count). The molecule has 0 aliphatic carbocycles. The van der Waals surface area contributed by atoms with Gasteiger partial charge < -0.3 is 9.64 Å². The zero-order valence-corrected chi connectivity index (χ0v) is 14.4. The predicted molar refractivity (Wildman–Crippen MR) is 88.3 cm³/mol. The number of aromatic nitrogens is 3. The van der Waals surface area contributed by atoms with Crippen molar-refractivity contribution in [2.24, 2.45) is 0 Å². The molecule has 2 aromatic heterocycles. The highest BCUT2D eigenvalue weighted by Gasteiger charge is 2.23. The third-order valence-electron chi connectivity index (χ3n) is 4.03. The molecule has 0 saturated heterocycles. The molecule has 0 fully saturated rings. The molecule has 0 N–H and O–H groups in total. The van der Waals surface area contributed by atoms with Crippen molar-refractivity contribution in [3.05, 3.63) is 41.5 Å². The lowest BCUT2D eigenvalue weighted by Crippen LogP contribution is -2.34. The first kappa shape index (κ1) is 17.0. The topological polar surface area (TPSA) is 60.3 Å². The molecule has 0 bridgehead atoms. The number of aryl methyl sites for hydroxylation is 1. The lowest BCUT2D eigenvalue weighted by molar-refractivity contribution is -0.134. The average molecular weight is 316 g/mol. The monoisotopic (exact) mass is 316 g/mol. The van der Waals surface area contributed by atoms with Gasteiger partial charge in [0.05, 0.1) is 19.3 Å². The van der Waals surface area contributed by atoms with Gasteiger partial charge in [-0.2, -0.15) is 5.10 Å². The Bertz CT molecular complexity index is 667. The number of pyridine rings is 1. The van der Waals surface area contributed by atoms with Crippen molar-refractivity contribution in [2.45, 2.75) is 39.8 Å². The van der Waals surface area contributed by atoms with E-state index in [0.717, 1.165) is 22.6 Å². The first-order valence-electron chi connectivity index (χ1n) is 7.72. The molecular formula is C17H24N4O2. The van der Waals surface area contributed by atoms with Crippen molar-refractivity contribution in [1.29, 1.82) is 0 Å². The Morgan fingerprint density at radius 1 is 1.43 bits per heavy atom. The maximum absolute atomic E-state index is 12.7. The van der Waals surface area contributed by atoms with E-state index in [9.17, 15) is 4.79 Å². The first-order chi connectivity index (χ1) is 11.0. The second-order valence-electron chi connectivity index (χ2n) is 5.65. The van der Waals surface area contributed by atoms with Crippen LogP contribution >= 0.6 is 0 Å². The van der Waals surface area contributed by atoms with Crippen molar-refractivity contribution in [3.63, 3.8) is 0 Å². The minimum absolute atomic E-state index is 0.0249. The van der Waals surface area contributed by atoms with Crippen molar-refractivity contribution in [3.8, 4) is 5.75 Å². The minimum atomic E-state index is -0.289. The number of ether oxygens (including phenoxy) is 1. The highest BCUT2D eigenvalue weighted by Crippen LogP contribution is 2.25. The van der Waals surface area contributed by atoms with Gasteiger partial charge in [-0.3, -0.25) is 14.5 Å². The number of amides is 1. The maximum Gasteiger partial charge on any atom is 0.247 e. The molecule has 0 spiro atoms. The molecule has 124 valence electrons. The Kier molecular flexibility index (Phi) is 5.36. The highest BCUT2D eigenvalue weighted by molar-refractivity contribution is 5.80. The van der Waals surface area contributed by atoms with Gasteiger partial charge in [0, 0.05) is 36.8 Å². The van der Waals surface area contributed by atoms with Crippen LogP contribution in [0.5, 0.6) is 5.75 Å². The molecule has 6 heteroatoms. The van der Waals surface area contributed by atoms with Crippen LogP contribution in [0.15, 0.2) is 24.7 Å². The predicted octanol–water partition coefficient (Wildman–Crippen LogP) is 2.51. The van der Waals surface area contributed by atoms with Gasteiger partial charge in [-0.1, -0.05) is 6.92 Å². The van der Waals surface area contributed by atoms with Gasteiger partial charge in [0.2, 0.25) is 5.91 Å². The number of methoxy groups -OCH3 is 1. The highest BCUT2D eigenvalue weighted by atomic mass is 16.5. The fourth-order valence-corrected chi connectivity index (χ4v) is 2.73. The summed E-state index contributed by atoms with van der Waals surface area (Å²) in [6.07, 6.45) is 5.98. The van der Waals surface area contributed by atoms with Gasteiger partial charge in [-0.25, -0.2) is 0 Å². The second kappa shape index (κ2) is 7.26. The lowest BCUT2D eigenvalue weighted by atomic mass is 10.1. The average Bonchev–Trinajstić information content (AvgIpc) is 3.05. The molecule has 0 aliphatic rings. The first-order valence-corrected chi connectivity index (χ1v) is 7.72. The van der Waals surface area contributed by atoms with E-state index >= 15 is 0 Å². The van der Waals surface area contributed by atoms with Gasteiger partial charge >= 0.3 is 0 Å². The second-order valence-corrected chi connectivity index (χ2v) is 5.65. The van der Waals surface area contributed by atoms with Crippen LogP contribution in [0.3, 0.4) is 0 Å². The van der Waals surface area contributed by atoms with Crippen LogP contribution in [-0.4, -0.2) is 39.7 Å². The van der Waals surface area contributed by atoms with Crippen LogP contribution < -0.4 is 4.74 Å². The zero-order valence-electron chi connectivity index (χ0n) is 14.4. The molecule has 6 nitrogen and oxygen atoms in total. The standard InChI is InChI=1S/C17H24N4O2/c1-6-15(21-9-7-8-19-21)17(22)20(4)11-14-13(3)16(23-5)12(2)10-18-14/h7-10,15H,6,11H2,1-5H3. The smallest absolute Gasteiger partial charge is 0.247 e. The van der Waals surface area contributed by atoms with Crippen LogP contribution in [-0.2, 0) is 11.3 Å². The van der Waals surface area contributed by atoms with Crippen molar-refractivity contribution >= 4 is 5.91 Å². The summed E-state index contributed by atoms with van der Waals surface area (Å²) >= 11 is 0. The number of likely N-dealkylation sites (N-methyl/N-ethyl adjacent to an activating group) is 1. The molecular weight excluding hydrogens is 292 g/mol. The summed E-state index contributed by atoms with van der Waals surface area (Å²) in [4.78, 5) is 18.9. The summed E-state index contributed by atoms with van der Waals surface area (Å²) in [6, 6.07) is 1.54. The number of hydrogen-bond donors (Lipinski definition) is 0. The van der Waals surface area contributed by atoms with Gasteiger partial charge in [0.15, 0.2) is 0 Å². The maximum atomic E-state index is 12.7. The fourth-order valence-electron chi connectivity index (χ4n) is 2.73. The quantitative estimate of drug-likeness (QED) is 0.821. The number of carbonyl (C=O) groups excluding carboxylic acids is 1. The third-order valence-corrected chi connectivity index (χ3v) is 4.03. The third kappa shape index (κ3) is 3.52. The summed E-state index contributed by atoms with van der Waals surface area (Å²) < 4.78 is 7.13. The van der Waals surface area contributed by atoms with Gasteiger partial charge in [-0.15, -0.1) is 0 Å². The van der Waals surface area contributed by atoms with E-state index in [1.165, 1.54) is 0 Å². The summed E-state index contributed by atoms with van der Waals surface area (Å²) in [7, 11) is 3.45. The SMILES string of the molecule is CCC(C(=O)N(C)Cc1ncc(C)c(OC)c1C)n1cccn1. The largest absolute Gasteiger partial charge is 0.496 e. The van der Waals surface area contributed by atoms with E-state index in [-0.39, 0.29) is 11.9 Å². The number of hydrogen-bond acceptors (Lipinski definition) is 4. The molecule has 0 aliphatic heterocycles. The van der Waals surface area contributed by atoms with Crippen LogP contribution in [0.1, 0.15) is 36.2 Å². The zero-order chi connectivity index (χ0) is 17.0. The molecule has 0 radical (unpaired) electrons. The molecule has 1 atom stereocenters. The molecule has 1 unspecified atom stereocenters. The van der Waals surface area contributed by atoms with Gasteiger partial charge in [-0.05, 0) is 26.3 Å². The normalized spacial score (nSPS) is 12.0. The van der Waals surface area contributed by atoms with Crippen LogP contribution in [0.4, 0.5) is 0 Å². The molecule has 23 heavy (non-hydrogen) atoms. The molecule has 0 saturated carbocycles. The Balaban J connectivity index is 2.18. The Labute approximate surface area is 137 Å². The van der Waals surface area contributed by atoms with Crippen molar-refractivity contribution < 1.29 is 9.53 Å². The van der Waals surface area contributed by atoms with E-state index in [4.69, 9.17) is 4.74 Å². The lowest BCUT2D eigenvalue weighted by Gasteiger charge is -2.24. The van der Waals surface area contributed by atoms with Crippen molar-refractivity contribution in [1.82, 2.24) is 19.7 Å². The summed E-state index contributed by atoms with van der Waals surface area (Å²) in [5.41, 5.74) is 2.81. The Morgan fingerprint density at radius 2 is 2.17 bits per heavy atom. The summed E-state index contributed by atoms with van der Waals surface area (Å²) in [5.74, 6) is 0.854. The van der Waals surface area contributed by atoms with Crippen LogP contribution in [0, 0.1) is 13.8 Å². The number of carbonyl (C=O) groups is 1. The fraction of sp³-hybridized carbons (Fsp3) is 0.471. The molecule has 1 amide bonds. The Morgan fingerprint density at radius 3 is 2.74 bits per heavy atom. The van der Waals surface area contributed by atoms with E-state index in [0.29, 0.717) is 13.0 Å². The summed E-state index contributed by atoms with van der Waals surface area (Å²) in [5, 5.41) is 4.19. The number of nitrogens with zero attached hydrogens (tertiary/aromatic N) is 4. The number of rotatable bonds is 6. The molecule has 2 heterocycles. The minimum Gasteiger partial charge on any atom is -0.496 e. The van der Waals surface area contributed by atoms with Gasteiger partial charge in [0.25, 0.3) is 0 Å². The molecule has 0 aromatic carbocycles.